The molecule has 1 aliphatic rings. The van der Waals surface area contributed by atoms with E-state index < -0.39 is 0 Å². The quantitative estimate of drug-likeness (QED) is 0.746. The maximum atomic E-state index is 11.9. The van der Waals surface area contributed by atoms with Crippen molar-refractivity contribution < 1.29 is 9.53 Å². The molecule has 0 radical (unpaired) electrons. The third kappa shape index (κ3) is 4.65. The van der Waals surface area contributed by atoms with Crippen LogP contribution in [-0.2, 0) is 24.4 Å². The van der Waals surface area contributed by atoms with Gasteiger partial charge in [0.25, 0.3) is 0 Å². The highest BCUT2D eigenvalue weighted by molar-refractivity contribution is 5.78. The number of rotatable bonds is 8. The number of terminal acetylenes is 1. The van der Waals surface area contributed by atoms with Crippen LogP contribution in [0.3, 0.4) is 0 Å². The van der Waals surface area contributed by atoms with Crippen molar-refractivity contribution in [3.63, 3.8) is 0 Å². The Morgan fingerprint density at radius 3 is 2.46 bits per heavy atom. The Balaban J connectivity index is 1.60. The van der Waals surface area contributed by atoms with E-state index in [1.165, 1.54) is 11.1 Å². The zero-order valence-corrected chi connectivity index (χ0v) is 14.9. The van der Waals surface area contributed by atoms with Crippen molar-refractivity contribution in [2.24, 2.45) is 0 Å². The number of benzene rings is 2. The number of carbonyl (C=O) groups is 1. The summed E-state index contributed by atoms with van der Waals surface area (Å²) in [6, 6.07) is 16.2. The van der Waals surface area contributed by atoms with Gasteiger partial charge in [0.1, 0.15) is 12.4 Å². The molecule has 0 bridgehead atoms. The number of hydrogen-bond acceptors (Lipinski definition) is 3. The predicted molar refractivity (Wildman–Crippen MR) is 102 cm³/mol. The summed E-state index contributed by atoms with van der Waals surface area (Å²) in [5, 5.41) is 3.48. The van der Waals surface area contributed by atoms with Gasteiger partial charge in [0.2, 0.25) is 5.91 Å². The fraction of sp³-hybridized carbons (Fsp3) is 0.318. The molecule has 1 saturated heterocycles. The van der Waals surface area contributed by atoms with Gasteiger partial charge in [-0.3, -0.25) is 4.79 Å². The van der Waals surface area contributed by atoms with E-state index >= 15 is 0 Å². The molecule has 2 aromatic rings. The first-order valence-corrected chi connectivity index (χ1v) is 8.97. The Kier molecular flexibility index (Phi) is 6.29. The molecule has 1 aliphatic heterocycles. The van der Waals surface area contributed by atoms with Crippen LogP contribution in [0.25, 0.3) is 0 Å². The summed E-state index contributed by atoms with van der Waals surface area (Å²) >= 11 is 0. The van der Waals surface area contributed by atoms with Gasteiger partial charge in [0.05, 0.1) is 0 Å². The van der Waals surface area contributed by atoms with Gasteiger partial charge in [-0.05, 0) is 23.6 Å². The summed E-state index contributed by atoms with van der Waals surface area (Å²) in [7, 11) is 0. The van der Waals surface area contributed by atoms with Crippen molar-refractivity contribution in [1.82, 2.24) is 10.2 Å². The molecule has 26 heavy (non-hydrogen) atoms. The van der Waals surface area contributed by atoms with Crippen molar-refractivity contribution >= 4 is 5.91 Å². The molecule has 0 saturated carbocycles. The first kappa shape index (κ1) is 18.0. The average Bonchev–Trinajstić information content (AvgIpc) is 3.07. The number of carbonyl (C=O) groups excluding carboxylic acids is 1. The molecule has 0 atom stereocenters. The molecular weight excluding hydrogens is 324 g/mol. The fourth-order valence-electron chi connectivity index (χ4n) is 3.20. The number of amides is 1. The lowest BCUT2D eigenvalue weighted by Crippen LogP contribution is -2.25. The summed E-state index contributed by atoms with van der Waals surface area (Å²) in [6.45, 7) is 3.25. The molecule has 1 heterocycles. The summed E-state index contributed by atoms with van der Waals surface area (Å²) in [5.41, 5.74) is 3.50. The van der Waals surface area contributed by atoms with Crippen molar-refractivity contribution in [2.75, 3.05) is 13.2 Å². The van der Waals surface area contributed by atoms with Crippen LogP contribution < -0.4 is 10.1 Å². The van der Waals surface area contributed by atoms with Crippen LogP contribution in [0.2, 0.25) is 0 Å². The maximum Gasteiger partial charge on any atom is 0.222 e. The molecule has 134 valence electrons. The van der Waals surface area contributed by atoms with Crippen LogP contribution in [0.1, 0.15) is 29.5 Å². The molecule has 2 aromatic carbocycles. The van der Waals surface area contributed by atoms with Gasteiger partial charge in [-0.15, -0.1) is 6.42 Å². The highest BCUT2D eigenvalue weighted by Gasteiger charge is 2.20. The van der Waals surface area contributed by atoms with Crippen molar-refractivity contribution in [2.45, 2.75) is 32.5 Å². The van der Waals surface area contributed by atoms with Crippen LogP contribution in [0.4, 0.5) is 0 Å². The topological polar surface area (TPSA) is 41.6 Å². The molecule has 4 heteroatoms. The first-order chi connectivity index (χ1) is 12.8. The molecule has 4 nitrogen and oxygen atoms in total. The van der Waals surface area contributed by atoms with Gasteiger partial charge < -0.3 is 15.0 Å². The number of nitrogens with zero attached hydrogens (tertiary/aromatic N) is 1. The highest BCUT2D eigenvalue weighted by Crippen LogP contribution is 2.19. The van der Waals surface area contributed by atoms with Crippen LogP contribution in [0.5, 0.6) is 5.75 Å². The van der Waals surface area contributed by atoms with Crippen molar-refractivity contribution in [1.29, 1.82) is 0 Å². The third-order valence-corrected chi connectivity index (χ3v) is 4.57. The number of para-hydroxylation sites is 1. The Morgan fingerprint density at radius 1 is 1.04 bits per heavy atom. The zero-order chi connectivity index (χ0) is 18.2. The number of nitrogens with one attached hydrogen (secondary N) is 1. The normalized spacial score (nSPS) is 13.7. The lowest BCUT2D eigenvalue weighted by atomic mass is 10.1. The lowest BCUT2D eigenvalue weighted by molar-refractivity contribution is -0.128. The second-order valence-corrected chi connectivity index (χ2v) is 6.39. The molecule has 0 aromatic heterocycles. The fourth-order valence-corrected chi connectivity index (χ4v) is 3.20. The smallest absolute Gasteiger partial charge is 0.222 e. The summed E-state index contributed by atoms with van der Waals surface area (Å²) in [5.74, 6) is 3.57. The molecular formula is C22H24N2O2. The average molecular weight is 348 g/mol. The largest absolute Gasteiger partial charge is 0.481 e. The highest BCUT2D eigenvalue weighted by atomic mass is 16.5. The molecule has 3 rings (SSSR count). The standard InChI is InChI=1S/C22H24N2O2/c1-2-14-26-21-11-6-5-9-19(21)16-23-15-18-8-3-4-10-20(18)17-24-13-7-12-22(24)25/h1,3-6,8-11,23H,7,12-17H2. The lowest BCUT2D eigenvalue weighted by Gasteiger charge is -2.18. The molecule has 0 aliphatic carbocycles. The van der Waals surface area contributed by atoms with Gasteiger partial charge in [0, 0.05) is 38.2 Å². The van der Waals surface area contributed by atoms with Gasteiger partial charge in [-0.25, -0.2) is 0 Å². The summed E-state index contributed by atoms with van der Waals surface area (Å²) in [4.78, 5) is 13.8. The van der Waals surface area contributed by atoms with E-state index in [1.807, 2.05) is 41.3 Å². The first-order valence-electron chi connectivity index (χ1n) is 8.97. The summed E-state index contributed by atoms with van der Waals surface area (Å²) < 4.78 is 5.59. The van der Waals surface area contributed by atoms with Crippen molar-refractivity contribution in [3.05, 3.63) is 65.2 Å². The second-order valence-electron chi connectivity index (χ2n) is 6.39. The maximum absolute atomic E-state index is 11.9. The Bertz CT molecular complexity index is 795. The molecule has 1 amide bonds. The zero-order valence-electron chi connectivity index (χ0n) is 14.9. The minimum atomic E-state index is 0.257. The Hall–Kier alpha value is -2.77. The predicted octanol–water partition coefficient (Wildman–Crippen LogP) is 3.11. The Morgan fingerprint density at radius 2 is 1.73 bits per heavy atom. The van der Waals surface area contributed by atoms with Gasteiger partial charge in [0.15, 0.2) is 0 Å². The van der Waals surface area contributed by atoms with E-state index in [0.29, 0.717) is 19.5 Å². The van der Waals surface area contributed by atoms with E-state index in [4.69, 9.17) is 11.2 Å². The van der Waals surface area contributed by atoms with Gasteiger partial charge in [-0.1, -0.05) is 48.4 Å². The van der Waals surface area contributed by atoms with E-state index in [0.717, 1.165) is 30.8 Å². The van der Waals surface area contributed by atoms with E-state index in [9.17, 15) is 4.79 Å². The van der Waals surface area contributed by atoms with Crippen molar-refractivity contribution in [3.8, 4) is 18.1 Å². The number of ether oxygens (including phenoxy) is 1. The van der Waals surface area contributed by atoms with Crippen LogP contribution in [-0.4, -0.2) is 24.0 Å². The minimum absolute atomic E-state index is 0.257. The molecule has 1 fully saturated rings. The molecule has 1 N–H and O–H groups in total. The summed E-state index contributed by atoms with van der Waals surface area (Å²) in [6.07, 6.45) is 6.92. The van der Waals surface area contributed by atoms with E-state index in [2.05, 4.69) is 23.4 Å². The SMILES string of the molecule is C#CCOc1ccccc1CNCc1ccccc1CN1CCCC1=O. The second kappa shape index (κ2) is 9.07. The van der Waals surface area contributed by atoms with E-state index in [-0.39, 0.29) is 12.5 Å². The molecule has 0 spiro atoms. The van der Waals surface area contributed by atoms with Gasteiger partial charge in [-0.2, -0.15) is 0 Å². The third-order valence-electron chi connectivity index (χ3n) is 4.57. The monoisotopic (exact) mass is 348 g/mol. The van der Waals surface area contributed by atoms with Gasteiger partial charge >= 0.3 is 0 Å². The number of hydrogen-bond donors (Lipinski definition) is 1. The number of likely N-dealkylation sites (tertiary alicyclic amines) is 1. The molecule has 0 unspecified atom stereocenters. The van der Waals surface area contributed by atoms with Crippen LogP contribution in [0, 0.1) is 12.3 Å². The van der Waals surface area contributed by atoms with Crippen LogP contribution in [0.15, 0.2) is 48.5 Å². The van der Waals surface area contributed by atoms with Crippen LogP contribution >= 0.6 is 0 Å². The Labute approximate surface area is 155 Å². The van der Waals surface area contributed by atoms with E-state index in [1.54, 1.807) is 0 Å². The minimum Gasteiger partial charge on any atom is -0.481 e.